The number of thiazole rings is 1. The van der Waals surface area contributed by atoms with Crippen LogP contribution in [0, 0.1) is 6.92 Å². The quantitative estimate of drug-likeness (QED) is 0.724. The van der Waals surface area contributed by atoms with E-state index in [9.17, 15) is 0 Å². The van der Waals surface area contributed by atoms with Crippen LogP contribution in [0.4, 0.5) is 5.69 Å². The summed E-state index contributed by atoms with van der Waals surface area (Å²) in [5.41, 5.74) is 8.41. The van der Waals surface area contributed by atoms with E-state index in [1.807, 2.05) is 37.4 Å². The van der Waals surface area contributed by atoms with E-state index in [0.717, 1.165) is 27.2 Å². The number of para-hydroxylation sites is 1. The first-order valence-corrected chi connectivity index (χ1v) is 7.70. The van der Waals surface area contributed by atoms with Crippen LogP contribution in [0.1, 0.15) is 15.4 Å². The van der Waals surface area contributed by atoms with Crippen LogP contribution in [0.2, 0.25) is 0 Å². The molecule has 3 rings (SSSR count). The first-order valence-electron chi connectivity index (χ1n) is 6.48. The molecule has 0 bridgehead atoms. The number of aromatic nitrogens is 2. The Hall–Kier alpha value is -2.05. The largest absolute Gasteiger partial charge is 0.389 e. The molecule has 1 aromatic carbocycles. The van der Waals surface area contributed by atoms with Gasteiger partial charge < -0.3 is 11.1 Å². The van der Waals surface area contributed by atoms with Crippen LogP contribution in [0.3, 0.4) is 0 Å². The zero-order valence-electron chi connectivity index (χ0n) is 11.5. The minimum absolute atomic E-state index is 0.339. The first kappa shape index (κ1) is 13.9. The molecule has 0 atom stereocenters. The van der Waals surface area contributed by atoms with E-state index in [-0.39, 0.29) is 0 Å². The molecule has 0 radical (unpaired) electrons. The lowest BCUT2D eigenvalue weighted by molar-refractivity contribution is 1.10. The Morgan fingerprint density at radius 1 is 1.29 bits per heavy atom. The number of hydrogen-bond acceptors (Lipinski definition) is 5. The van der Waals surface area contributed by atoms with Crippen LogP contribution in [0.15, 0.2) is 36.7 Å². The average molecular weight is 314 g/mol. The first-order chi connectivity index (χ1) is 10.1. The summed E-state index contributed by atoms with van der Waals surface area (Å²) in [6.07, 6.45) is 3.60. The number of aryl methyl sites for hydroxylation is 1. The molecular weight excluding hydrogens is 300 g/mol. The number of hydrogen-bond donors (Lipinski definition) is 2. The van der Waals surface area contributed by atoms with E-state index >= 15 is 0 Å². The van der Waals surface area contributed by atoms with Gasteiger partial charge in [0.2, 0.25) is 0 Å². The van der Waals surface area contributed by atoms with Crippen molar-refractivity contribution < 1.29 is 0 Å². The van der Waals surface area contributed by atoms with Crippen molar-refractivity contribution in [1.29, 1.82) is 0 Å². The summed E-state index contributed by atoms with van der Waals surface area (Å²) in [6, 6.07) is 7.92. The molecule has 4 nitrogen and oxygen atoms in total. The number of fused-ring (bicyclic) bond motifs is 1. The molecule has 2 heterocycles. The molecule has 0 aliphatic heterocycles. The molecule has 0 fully saturated rings. The van der Waals surface area contributed by atoms with Crippen molar-refractivity contribution in [2.24, 2.45) is 5.73 Å². The lowest BCUT2D eigenvalue weighted by atomic mass is 10.1. The topological polar surface area (TPSA) is 63.8 Å². The number of nitrogens with zero attached hydrogens (tertiary/aromatic N) is 2. The van der Waals surface area contributed by atoms with E-state index in [1.54, 1.807) is 17.5 Å². The van der Waals surface area contributed by atoms with Gasteiger partial charge in [-0.3, -0.25) is 4.98 Å². The number of anilines is 1. The van der Waals surface area contributed by atoms with Gasteiger partial charge in [0.1, 0.15) is 10.00 Å². The molecule has 106 valence electrons. The lowest BCUT2D eigenvalue weighted by Gasteiger charge is -2.13. The van der Waals surface area contributed by atoms with Gasteiger partial charge in [-0.05, 0) is 13.0 Å². The lowest BCUT2D eigenvalue weighted by Crippen LogP contribution is -2.14. The standard InChI is InChI=1S/C15H14N4S2/c1-9-6-18-13(21-9)8-19-14-10-4-2-3-5-12(10)17-7-11(14)15(16)20/h2-7H,8H2,1H3,(H2,16,20)(H,17,19). The second-order valence-electron chi connectivity index (χ2n) is 4.65. The molecule has 0 aliphatic carbocycles. The highest BCUT2D eigenvalue weighted by molar-refractivity contribution is 7.80. The van der Waals surface area contributed by atoms with Crippen LogP contribution in [-0.4, -0.2) is 15.0 Å². The summed E-state index contributed by atoms with van der Waals surface area (Å²) >= 11 is 6.81. The maximum absolute atomic E-state index is 5.82. The number of pyridine rings is 1. The molecule has 0 saturated carbocycles. The summed E-state index contributed by atoms with van der Waals surface area (Å²) in [5.74, 6) is 0. The molecule has 2 aromatic heterocycles. The van der Waals surface area contributed by atoms with Crippen LogP contribution < -0.4 is 11.1 Å². The van der Waals surface area contributed by atoms with Gasteiger partial charge >= 0.3 is 0 Å². The van der Waals surface area contributed by atoms with Crippen molar-refractivity contribution >= 4 is 45.1 Å². The van der Waals surface area contributed by atoms with E-state index < -0.39 is 0 Å². The number of nitrogens with one attached hydrogen (secondary N) is 1. The average Bonchev–Trinajstić information content (AvgIpc) is 2.90. The Morgan fingerprint density at radius 3 is 2.81 bits per heavy atom. The molecule has 6 heteroatoms. The van der Waals surface area contributed by atoms with E-state index in [2.05, 4.69) is 15.3 Å². The van der Waals surface area contributed by atoms with Crippen LogP contribution in [0.25, 0.3) is 10.9 Å². The molecule has 0 spiro atoms. The van der Waals surface area contributed by atoms with Crippen LogP contribution in [0.5, 0.6) is 0 Å². The third-order valence-corrected chi connectivity index (χ3v) is 4.26. The Bertz CT molecular complexity index is 810. The van der Waals surface area contributed by atoms with Crippen molar-refractivity contribution in [2.75, 3.05) is 5.32 Å². The Labute approximate surface area is 132 Å². The van der Waals surface area contributed by atoms with Crippen molar-refractivity contribution in [1.82, 2.24) is 9.97 Å². The molecule has 21 heavy (non-hydrogen) atoms. The molecule has 3 N–H and O–H groups in total. The maximum Gasteiger partial charge on any atom is 0.112 e. The minimum atomic E-state index is 0.339. The molecule has 0 saturated heterocycles. The molecular formula is C15H14N4S2. The van der Waals surface area contributed by atoms with Crippen molar-refractivity contribution in [3.05, 3.63) is 52.1 Å². The number of rotatable bonds is 4. The van der Waals surface area contributed by atoms with E-state index in [4.69, 9.17) is 18.0 Å². The minimum Gasteiger partial charge on any atom is -0.389 e. The van der Waals surface area contributed by atoms with Gasteiger partial charge in [0.15, 0.2) is 0 Å². The highest BCUT2D eigenvalue weighted by atomic mass is 32.1. The molecule has 0 unspecified atom stereocenters. The fourth-order valence-corrected chi connectivity index (χ4v) is 3.05. The van der Waals surface area contributed by atoms with Gasteiger partial charge in [-0.25, -0.2) is 4.98 Å². The van der Waals surface area contributed by atoms with Gasteiger partial charge in [0.25, 0.3) is 0 Å². The fraction of sp³-hybridized carbons (Fsp3) is 0.133. The Kier molecular flexibility index (Phi) is 3.81. The summed E-state index contributed by atoms with van der Waals surface area (Å²) in [5, 5.41) is 5.45. The molecule has 3 aromatic rings. The monoisotopic (exact) mass is 314 g/mol. The van der Waals surface area contributed by atoms with Crippen LogP contribution >= 0.6 is 23.6 Å². The summed E-state index contributed by atoms with van der Waals surface area (Å²) in [4.78, 5) is 10.3. The van der Waals surface area contributed by atoms with Crippen LogP contribution in [-0.2, 0) is 6.54 Å². The maximum atomic E-state index is 5.82. The number of benzene rings is 1. The Morgan fingerprint density at radius 2 is 2.10 bits per heavy atom. The summed E-state index contributed by atoms with van der Waals surface area (Å²) in [7, 11) is 0. The highest BCUT2D eigenvalue weighted by Gasteiger charge is 2.11. The zero-order valence-corrected chi connectivity index (χ0v) is 13.1. The van der Waals surface area contributed by atoms with Gasteiger partial charge in [-0.15, -0.1) is 11.3 Å². The highest BCUT2D eigenvalue weighted by Crippen LogP contribution is 2.26. The van der Waals surface area contributed by atoms with Crippen molar-refractivity contribution in [3.8, 4) is 0 Å². The predicted molar refractivity (Wildman–Crippen MR) is 91.8 cm³/mol. The van der Waals surface area contributed by atoms with Crippen molar-refractivity contribution in [2.45, 2.75) is 13.5 Å². The normalized spacial score (nSPS) is 10.7. The van der Waals surface area contributed by atoms with E-state index in [1.165, 1.54) is 4.88 Å². The van der Waals surface area contributed by atoms with Gasteiger partial charge in [-0.1, -0.05) is 30.4 Å². The van der Waals surface area contributed by atoms with E-state index in [0.29, 0.717) is 11.5 Å². The van der Waals surface area contributed by atoms with Gasteiger partial charge in [-0.2, -0.15) is 0 Å². The SMILES string of the molecule is Cc1cnc(CNc2c(C(N)=S)cnc3ccccc23)s1. The third-order valence-electron chi connectivity index (χ3n) is 3.13. The third kappa shape index (κ3) is 2.86. The smallest absolute Gasteiger partial charge is 0.112 e. The molecule has 0 amide bonds. The van der Waals surface area contributed by atoms with Crippen molar-refractivity contribution in [3.63, 3.8) is 0 Å². The Balaban J connectivity index is 2.01. The second-order valence-corrected chi connectivity index (χ2v) is 6.41. The number of thiocarbonyl (C=S) groups is 1. The van der Waals surface area contributed by atoms with Gasteiger partial charge in [0, 0.05) is 22.7 Å². The predicted octanol–water partition coefficient (Wildman–Crippen LogP) is 3.25. The zero-order chi connectivity index (χ0) is 14.8. The number of nitrogens with two attached hydrogens (primary N) is 1. The second kappa shape index (κ2) is 5.75. The fourth-order valence-electron chi connectivity index (χ4n) is 2.17. The van der Waals surface area contributed by atoms with Gasteiger partial charge in [0.05, 0.1) is 23.3 Å². The summed E-state index contributed by atoms with van der Waals surface area (Å²) < 4.78 is 0. The summed E-state index contributed by atoms with van der Waals surface area (Å²) in [6.45, 7) is 2.69. The molecule has 0 aliphatic rings.